The van der Waals surface area contributed by atoms with Crippen LogP contribution in [0.1, 0.15) is 44.2 Å². The summed E-state index contributed by atoms with van der Waals surface area (Å²) in [6.45, 7) is 3.87. The molecule has 1 atom stereocenters. The van der Waals surface area contributed by atoms with Crippen molar-refractivity contribution in [2.24, 2.45) is 5.73 Å². The highest BCUT2D eigenvalue weighted by Crippen LogP contribution is 2.37. The van der Waals surface area contributed by atoms with Crippen LogP contribution in [0.2, 0.25) is 0 Å². The molecule has 0 heterocycles. The van der Waals surface area contributed by atoms with E-state index in [1.807, 2.05) is 0 Å². The van der Waals surface area contributed by atoms with Gasteiger partial charge in [0.1, 0.15) is 0 Å². The van der Waals surface area contributed by atoms with Crippen molar-refractivity contribution in [1.82, 2.24) is 0 Å². The second kappa shape index (κ2) is 7.93. The van der Waals surface area contributed by atoms with Gasteiger partial charge in [0.2, 0.25) is 0 Å². The van der Waals surface area contributed by atoms with E-state index in [0.717, 1.165) is 25.0 Å². The summed E-state index contributed by atoms with van der Waals surface area (Å²) in [6.07, 6.45) is -0.776. The molecule has 0 spiro atoms. The molecule has 114 valence electrons. The van der Waals surface area contributed by atoms with Gasteiger partial charge in [-0.15, -0.1) is 11.8 Å². The van der Waals surface area contributed by atoms with E-state index < -0.39 is 11.7 Å². The van der Waals surface area contributed by atoms with Crippen molar-refractivity contribution in [1.29, 1.82) is 0 Å². The van der Waals surface area contributed by atoms with Crippen molar-refractivity contribution < 1.29 is 13.2 Å². The second-order valence-corrected chi connectivity index (χ2v) is 6.20. The number of unbranched alkanes of at least 4 members (excludes halogenated alkanes) is 2. The second-order valence-electron chi connectivity index (χ2n) is 5.07. The smallest absolute Gasteiger partial charge is 0.328 e. The van der Waals surface area contributed by atoms with Crippen molar-refractivity contribution in [3.8, 4) is 0 Å². The lowest BCUT2D eigenvalue weighted by Crippen LogP contribution is -2.18. The molecule has 0 aliphatic heterocycles. The zero-order valence-electron chi connectivity index (χ0n) is 12.0. The van der Waals surface area contributed by atoms with E-state index in [-0.39, 0.29) is 6.04 Å². The number of hydrogen-bond acceptors (Lipinski definition) is 2. The van der Waals surface area contributed by atoms with Gasteiger partial charge in [0.25, 0.3) is 0 Å². The third-order valence-corrected chi connectivity index (χ3v) is 4.07. The van der Waals surface area contributed by atoms with Gasteiger partial charge in [0.15, 0.2) is 0 Å². The summed E-state index contributed by atoms with van der Waals surface area (Å²) in [5.74, 6) is 0.726. The van der Waals surface area contributed by atoms with Gasteiger partial charge in [-0.1, -0.05) is 25.8 Å². The number of thioether (sulfide) groups is 1. The van der Waals surface area contributed by atoms with Gasteiger partial charge in [0, 0.05) is 10.9 Å². The number of rotatable bonds is 7. The van der Waals surface area contributed by atoms with Crippen LogP contribution in [-0.4, -0.2) is 11.8 Å². The molecule has 20 heavy (non-hydrogen) atoms. The average Bonchev–Trinajstić information content (AvgIpc) is 2.34. The molecule has 0 saturated heterocycles. The Bertz CT molecular complexity index is 416. The first-order valence-electron chi connectivity index (χ1n) is 6.93. The van der Waals surface area contributed by atoms with Crippen LogP contribution in [0, 0.1) is 0 Å². The molecule has 0 radical (unpaired) electrons. The van der Waals surface area contributed by atoms with Gasteiger partial charge in [-0.3, -0.25) is 0 Å². The summed E-state index contributed by atoms with van der Waals surface area (Å²) < 4.78 is 39.3. The fourth-order valence-electron chi connectivity index (χ4n) is 1.96. The van der Waals surface area contributed by atoms with E-state index in [0.29, 0.717) is 16.9 Å². The summed E-state index contributed by atoms with van der Waals surface area (Å²) in [4.78, 5) is 0.321. The van der Waals surface area contributed by atoms with Crippen LogP contribution in [-0.2, 0) is 12.6 Å². The maximum absolute atomic E-state index is 13.1. The van der Waals surface area contributed by atoms with Gasteiger partial charge < -0.3 is 5.73 Å². The number of halogens is 3. The molecule has 1 unspecified atom stereocenters. The molecule has 0 amide bonds. The molecule has 0 aliphatic rings. The Morgan fingerprint density at radius 2 is 1.95 bits per heavy atom. The minimum atomic E-state index is -4.30. The topological polar surface area (TPSA) is 26.0 Å². The number of hydrogen-bond donors (Lipinski definition) is 1. The number of nitrogens with two attached hydrogens (primary N) is 1. The van der Waals surface area contributed by atoms with Crippen molar-refractivity contribution in [3.63, 3.8) is 0 Å². The van der Waals surface area contributed by atoms with Crippen molar-refractivity contribution in [3.05, 3.63) is 29.3 Å². The Morgan fingerprint density at radius 3 is 2.50 bits per heavy atom. The Hall–Kier alpha value is -0.680. The Morgan fingerprint density at radius 1 is 1.25 bits per heavy atom. The lowest BCUT2D eigenvalue weighted by Gasteiger charge is -2.15. The summed E-state index contributed by atoms with van der Waals surface area (Å²) in [5.41, 5.74) is 5.76. The van der Waals surface area contributed by atoms with Crippen LogP contribution in [0.4, 0.5) is 13.2 Å². The molecular formula is C15H22F3NS. The first-order chi connectivity index (χ1) is 9.34. The minimum Gasteiger partial charge on any atom is -0.328 e. The van der Waals surface area contributed by atoms with E-state index >= 15 is 0 Å². The quantitative estimate of drug-likeness (QED) is 0.574. The molecule has 0 saturated carbocycles. The Balaban J connectivity index is 2.87. The zero-order valence-corrected chi connectivity index (χ0v) is 12.8. The van der Waals surface area contributed by atoms with Crippen LogP contribution >= 0.6 is 11.8 Å². The summed E-state index contributed by atoms with van der Waals surface area (Å²) in [7, 11) is 0. The Labute approximate surface area is 123 Å². The third kappa shape index (κ3) is 5.75. The van der Waals surface area contributed by atoms with E-state index in [1.165, 1.54) is 17.8 Å². The average molecular weight is 305 g/mol. The monoisotopic (exact) mass is 305 g/mol. The van der Waals surface area contributed by atoms with E-state index in [9.17, 15) is 13.2 Å². The van der Waals surface area contributed by atoms with Crippen LogP contribution in [0.15, 0.2) is 23.1 Å². The summed E-state index contributed by atoms with van der Waals surface area (Å²) in [6, 6.07) is 4.43. The lowest BCUT2D eigenvalue weighted by atomic mass is 10.0. The van der Waals surface area contributed by atoms with Gasteiger partial charge in [0.05, 0.1) is 5.56 Å². The molecule has 1 nitrogen and oxygen atoms in total. The normalized spacial score (nSPS) is 13.5. The predicted octanol–water partition coefficient (Wildman–Crippen LogP) is 4.88. The van der Waals surface area contributed by atoms with Gasteiger partial charge in [-0.2, -0.15) is 13.2 Å². The van der Waals surface area contributed by atoms with E-state index in [1.54, 1.807) is 19.1 Å². The number of benzene rings is 1. The molecule has 0 aliphatic carbocycles. The highest BCUT2D eigenvalue weighted by atomic mass is 32.2. The summed E-state index contributed by atoms with van der Waals surface area (Å²) in [5, 5.41) is 0. The lowest BCUT2D eigenvalue weighted by molar-refractivity contribution is -0.139. The number of alkyl halides is 3. The molecule has 1 aromatic carbocycles. The van der Waals surface area contributed by atoms with Crippen molar-refractivity contribution in [2.45, 2.75) is 56.6 Å². The zero-order chi connectivity index (χ0) is 15.2. The van der Waals surface area contributed by atoms with Crippen LogP contribution < -0.4 is 5.73 Å². The maximum atomic E-state index is 13.1. The largest absolute Gasteiger partial charge is 0.417 e. The van der Waals surface area contributed by atoms with E-state index in [4.69, 9.17) is 5.73 Å². The minimum absolute atomic E-state index is 0.140. The molecule has 0 fully saturated rings. The van der Waals surface area contributed by atoms with Crippen LogP contribution in [0.5, 0.6) is 0 Å². The van der Waals surface area contributed by atoms with Crippen molar-refractivity contribution in [2.75, 3.05) is 5.75 Å². The van der Waals surface area contributed by atoms with E-state index in [2.05, 4.69) is 6.92 Å². The molecule has 0 aromatic heterocycles. The highest BCUT2D eigenvalue weighted by Gasteiger charge is 2.33. The molecule has 2 N–H and O–H groups in total. The SMILES string of the molecule is CCCCCSc1ccc(CC(C)N)cc1C(F)(F)F. The first kappa shape index (κ1) is 17.4. The molecular weight excluding hydrogens is 283 g/mol. The first-order valence-corrected chi connectivity index (χ1v) is 7.91. The van der Waals surface area contributed by atoms with Gasteiger partial charge in [-0.05, 0) is 43.2 Å². The van der Waals surface area contributed by atoms with Crippen LogP contribution in [0.3, 0.4) is 0 Å². The van der Waals surface area contributed by atoms with Gasteiger partial charge >= 0.3 is 6.18 Å². The standard InChI is InChI=1S/C15H22F3NS/c1-3-4-5-8-20-14-7-6-12(9-11(2)19)10-13(14)15(16,17)18/h6-7,10-11H,3-5,8-9,19H2,1-2H3. The fourth-order valence-corrected chi connectivity index (χ4v) is 3.02. The van der Waals surface area contributed by atoms with Crippen LogP contribution in [0.25, 0.3) is 0 Å². The molecule has 1 aromatic rings. The van der Waals surface area contributed by atoms with Gasteiger partial charge in [-0.25, -0.2) is 0 Å². The van der Waals surface area contributed by atoms with Crippen molar-refractivity contribution >= 4 is 11.8 Å². The predicted molar refractivity (Wildman–Crippen MR) is 79.0 cm³/mol. The maximum Gasteiger partial charge on any atom is 0.417 e. The molecule has 5 heteroatoms. The fraction of sp³-hybridized carbons (Fsp3) is 0.600. The summed E-state index contributed by atoms with van der Waals surface area (Å²) >= 11 is 1.29. The highest BCUT2D eigenvalue weighted by molar-refractivity contribution is 7.99. The Kier molecular flexibility index (Phi) is 6.89. The third-order valence-electron chi connectivity index (χ3n) is 2.91. The molecule has 0 bridgehead atoms. The molecule has 1 rings (SSSR count).